The molecule has 1 rings (SSSR count). The van der Waals surface area contributed by atoms with Gasteiger partial charge in [0.25, 0.3) is 0 Å². The zero-order valence-electron chi connectivity index (χ0n) is 7.93. The maximum atomic E-state index is 11.1. The first-order valence-corrected chi connectivity index (χ1v) is 5.23. The smallest absolute Gasteiger partial charge is 0.310 e. The van der Waals surface area contributed by atoms with Gasteiger partial charge in [-0.15, -0.1) is 0 Å². The number of rotatable bonds is 2. The van der Waals surface area contributed by atoms with E-state index < -0.39 is 0 Å². The highest BCUT2D eigenvalue weighted by Crippen LogP contribution is 2.28. The van der Waals surface area contributed by atoms with E-state index in [2.05, 4.69) is 20.7 Å². The molecule has 14 heavy (non-hydrogen) atoms. The normalized spacial score (nSPS) is 10.0. The van der Waals surface area contributed by atoms with Gasteiger partial charge in [-0.3, -0.25) is 4.79 Å². The number of methoxy groups -OCH3 is 1. The lowest BCUT2D eigenvalue weighted by Crippen LogP contribution is -2.06. The number of esters is 1. The topological polar surface area (TPSA) is 26.3 Å². The van der Waals surface area contributed by atoms with E-state index in [-0.39, 0.29) is 12.4 Å². The van der Waals surface area contributed by atoms with Gasteiger partial charge in [0.2, 0.25) is 0 Å². The van der Waals surface area contributed by atoms with Crippen molar-refractivity contribution in [1.82, 2.24) is 0 Å². The molecule has 4 heteroatoms. The van der Waals surface area contributed by atoms with Gasteiger partial charge >= 0.3 is 5.97 Å². The number of carbonyl (C=O) groups is 1. The molecule has 0 amide bonds. The second-order valence-corrected chi connectivity index (χ2v) is 4.11. The van der Waals surface area contributed by atoms with Crippen LogP contribution >= 0.6 is 27.5 Å². The highest BCUT2D eigenvalue weighted by Gasteiger charge is 2.12. The lowest BCUT2D eigenvalue weighted by atomic mass is 10.1. The fourth-order valence-electron chi connectivity index (χ4n) is 1.09. The second kappa shape index (κ2) is 4.80. The van der Waals surface area contributed by atoms with Crippen LogP contribution in [0.1, 0.15) is 11.1 Å². The summed E-state index contributed by atoms with van der Waals surface area (Å²) in [5.41, 5.74) is 1.83. The largest absolute Gasteiger partial charge is 0.469 e. The molecule has 0 aliphatic heterocycles. The molecule has 0 N–H and O–H groups in total. The van der Waals surface area contributed by atoms with Crippen LogP contribution < -0.4 is 0 Å². The van der Waals surface area contributed by atoms with Crippen molar-refractivity contribution in [2.45, 2.75) is 13.3 Å². The molecule has 0 aliphatic carbocycles. The van der Waals surface area contributed by atoms with E-state index in [0.29, 0.717) is 5.02 Å². The van der Waals surface area contributed by atoms with Crippen molar-refractivity contribution in [2.75, 3.05) is 7.11 Å². The number of hydrogen-bond donors (Lipinski definition) is 0. The predicted octanol–water partition coefficient (Wildman–Crippen LogP) is 3.13. The Kier molecular flexibility index (Phi) is 3.96. The summed E-state index contributed by atoms with van der Waals surface area (Å²) in [5, 5.41) is 0.577. The summed E-state index contributed by atoms with van der Waals surface area (Å²) in [4.78, 5) is 11.1. The van der Waals surface area contributed by atoms with E-state index in [4.69, 9.17) is 11.6 Å². The standard InChI is InChI=1S/C10H10BrClO2/c1-6-3-4-8(12)7(10(6)11)5-9(13)14-2/h3-4H,5H2,1-2H3. The van der Waals surface area contributed by atoms with Gasteiger partial charge in [0.1, 0.15) is 0 Å². The molecule has 2 nitrogen and oxygen atoms in total. The molecule has 0 saturated carbocycles. The summed E-state index contributed by atoms with van der Waals surface area (Å²) < 4.78 is 5.46. The lowest BCUT2D eigenvalue weighted by molar-refractivity contribution is -0.139. The Labute approximate surface area is 96.3 Å². The van der Waals surface area contributed by atoms with E-state index >= 15 is 0 Å². The molecule has 0 aromatic heterocycles. The van der Waals surface area contributed by atoms with Gasteiger partial charge in [-0.05, 0) is 24.1 Å². The molecule has 0 heterocycles. The summed E-state index contributed by atoms with van der Waals surface area (Å²) in [6.07, 6.45) is 0.192. The predicted molar refractivity (Wildman–Crippen MR) is 59.6 cm³/mol. The maximum absolute atomic E-state index is 11.1. The van der Waals surface area contributed by atoms with Gasteiger partial charge < -0.3 is 4.74 Å². The third kappa shape index (κ3) is 2.49. The molecule has 0 saturated heterocycles. The van der Waals surface area contributed by atoms with Crippen molar-refractivity contribution < 1.29 is 9.53 Å². The van der Waals surface area contributed by atoms with Crippen LogP contribution in [0, 0.1) is 6.92 Å². The molecule has 0 unspecified atom stereocenters. The summed E-state index contributed by atoms with van der Waals surface area (Å²) in [6, 6.07) is 3.67. The van der Waals surface area contributed by atoms with Crippen LogP contribution in [0.25, 0.3) is 0 Å². The lowest BCUT2D eigenvalue weighted by Gasteiger charge is -2.08. The van der Waals surface area contributed by atoms with E-state index in [1.54, 1.807) is 6.07 Å². The number of halogens is 2. The third-order valence-electron chi connectivity index (χ3n) is 1.93. The molecular weight excluding hydrogens is 267 g/mol. The molecule has 1 aromatic rings. The van der Waals surface area contributed by atoms with Crippen LogP contribution in [-0.4, -0.2) is 13.1 Å². The second-order valence-electron chi connectivity index (χ2n) is 2.91. The fourth-order valence-corrected chi connectivity index (χ4v) is 1.92. The van der Waals surface area contributed by atoms with Crippen LogP contribution in [0.15, 0.2) is 16.6 Å². The minimum absolute atomic E-state index is 0.192. The number of aryl methyl sites for hydroxylation is 1. The summed E-state index contributed by atoms with van der Waals surface area (Å²) in [5.74, 6) is -0.293. The molecule has 0 spiro atoms. The highest BCUT2D eigenvalue weighted by atomic mass is 79.9. The van der Waals surface area contributed by atoms with Crippen molar-refractivity contribution in [3.05, 3.63) is 32.8 Å². The van der Waals surface area contributed by atoms with Gasteiger partial charge in [0, 0.05) is 9.50 Å². The van der Waals surface area contributed by atoms with Crippen molar-refractivity contribution >= 4 is 33.5 Å². The first-order chi connectivity index (χ1) is 6.56. The number of benzene rings is 1. The molecule has 0 fully saturated rings. The van der Waals surface area contributed by atoms with E-state index in [1.165, 1.54) is 7.11 Å². The fraction of sp³-hybridized carbons (Fsp3) is 0.300. The van der Waals surface area contributed by atoms with E-state index in [9.17, 15) is 4.79 Å². The summed E-state index contributed by atoms with van der Waals surface area (Å²) in [6.45, 7) is 1.95. The number of carbonyl (C=O) groups excluding carboxylic acids is 1. The van der Waals surface area contributed by atoms with E-state index in [0.717, 1.165) is 15.6 Å². The van der Waals surface area contributed by atoms with Gasteiger partial charge in [0.05, 0.1) is 13.5 Å². The van der Waals surface area contributed by atoms with Crippen LogP contribution in [0.5, 0.6) is 0 Å². The van der Waals surface area contributed by atoms with Gasteiger partial charge in [-0.2, -0.15) is 0 Å². The van der Waals surface area contributed by atoms with Crippen LogP contribution in [0.2, 0.25) is 5.02 Å². The van der Waals surface area contributed by atoms with E-state index in [1.807, 2.05) is 13.0 Å². The van der Waals surface area contributed by atoms with Gasteiger partial charge in [-0.25, -0.2) is 0 Å². The Bertz CT molecular complexity index is 363. The minimum atomic E-state index is -0.293. The maximum Gasteiger partial charge on any atom is 0.310 e. The molecule has 76 valence electrons. The SMILES string of the molecule is COC(=O)Cc1c(Cl)ccc(C)c1Br. The zero-order valence-corrected chi connectivity index (χ0v) is 10.3. The van der Waals surface area contributed by atoms with Gasteiger partial charge in [-0.1, -0.05) is 33.6 Å². The third-order valence-corrected chi connectivity index (χ3v) is 3.39. The number of ether oxygens (including phenoxy) is 1. The molecule has 0 aliphatic rings. The quantitative estimate of drug-likeness (QED) is 0.776. The Morgan fingerprint density at radius 2 is 2.21 bits per heavy atom. The van der Waals surface area contributed by atoms with Crippen molar-refractivity contribution in [3.8, 4) is 0 Å². The number of hydrogen-bond acceptors (Lipinski definition) is 2. The minimum Gasteiger partial charge on any atom is -0.469 e. The van der Waals surface area contributed by atoms with Crippen LogP contribution in [0.3, 0.4) is 0 Å². The molecule has 0 atom stereocenters. The Balaban J connectivity index is 3.06. The van der Waals surface area contributed by atoms with Crippen molar-refractivity contribution in [1.29, 1.82) is 0 Å². The van der Waals surface area contributed by atoms with Gasteiger partial charge in [0.15, 0.2) is 0 Å². The molecule has 0 radical (unpaired) electrons. The van der Waals surface area contributed by atoms with Crippen molar-refractivity contribution in [3.63, 3.8) is 0 Å². The Morgan fingerprint density at radius 3 is 2.79 bits per heavy atom. The highest BCUT2D eigenvalue weighted by molar-refractivity contribution is 9.10. The monoisotopic (exact) mass is 276 g/mol. The Morgan fingerprint density at radius 1 is 1.57 bits per heavy atom. The Hall–Kier alpha value is -0.540. The summed E-state index contributed by atoms with van der Waals surface area (Å²) >= 11 is 9.36. The zero-order chi connectivity index (χ0) is 10.7. The first kappa shape index (κ1) is 11.5. The van der Waals surface area contributed by atoms with Crippen LogP contribution in [-0.2, 0) is 16.0 Å². The average Bonchev–Trinajstić information content (AvgIpc) is 2.18. The van der Waals surface area contributed by atoms with Crippen molar-refractivity contribution in [2.24, 2.45) is 0 Å². The summed E-state index contributed by atoms with van der Waals surface area (Å²) in [7, 11) is 1.36. The average molecular weight is 278 g/mol. The molecular formula is C10H10BrClO2. The first-order valence-electron chi connectivity index (χ1n) is 4.06. The van der Waals surface area contributed by atoms with Crippen LogP contribution in [0.4, 0.5) is 0 Å². The molecule has 0 bridgehead atoms. The molecule has 1 aromatic carbocycles.